The second-order valence-electron chi connectivity index (χ2n) is 5.79. The highest BCUT2D eigenvalue weighted by molar-refractivity contribution is 7.09. The zero-order chi connectivity index (χ0) is 15.5. The van der Waals surface area contributed by atoms with Crippen molar-refractivity contribution in [2.45, 2.75) is 26.3 Å². The van der Waals surface area contributed by atoms with E-state index in [1.165, 1.54) is 18.0 Å². The maximum atomic E-state index is 13.0. The Morgan fingerprint density at radius 3 is 2.86 bits per heavy atom. The molecule has 0 spiro atoms. The molecule has 1 atom stereocenters. The van der Waals surface area contributed by atoms with Crippen molar-refractivity contribution < 1.29 is 4.39 Å². The molecule has 1 saturated heterocycles. The molecule has 0 saturated carbocycles. The van der Waals surface area contributed by atoms with Gasteiger partial charge < -0.3 is 4.90 Å². The minimum absolute atomic E-state index is 0.284. The van der Waals surface area contributed by atoms with Gasteiger partial charge in [0, 0.05) is 44.0 Å². The summed E-state index contributed by atoms with van der Waals surface area (Å²) in [7, 11) is 0. The molecule has 1 aliphatic rings. The molecule has 6 heteroatoms. The highest BCUT2D eigenvalue weighted by Gasteiger charge is 2.24. The smallest absolute Gasteiger partial charge is 0.141 e. The van der Waals surface area contributed by atoms with E-state index in [0.29, 0.717) is 6.04 Å². The molecule has 0 N–H and O–H groups in total. The highest BCUT2D eigenvalue weighted by atomic mass is 32.1. The second-order valence-corrected chi connectivity index (χ2v) is 6.85. The summed E-state index contributed by atoms with van der Waals surface area (Å²) in [6.45, 7) is 8.22. The van der Waals surface area contributed by atoms with Crippen LogP contribution in [-0.4, -0.2) is 47.1 Å². The number of halogens is 1. The first kappa shape index (κ1) is 15.4. The van der Waals surface area contributed by atoms with Crippen molar-refractivity contribution in [1.82, 2.24) is 14.9 Å². The molecule has 3 rings (SSSR count). The molecule has 0 aromatic carbocycles. The van der Waals surface area contributed by atoms with Crippen LogP contribution in [0.15, 0.2) is 23.7 Å². The predicted octanol–water partition coefficient (Wildman–Crippen LogP) is 2.74. The van der Waals surface area contributed by atoms with Crippen molar-refractivity contribution in [1.29, 1.82) is 0 Å². The molecule has 0 amide bonds. The lowest BCUT2D eigenvalue weighted by molar-refractivity contribution is 0.230. The van der Waals surface area contributed by atoms with Gasteiger partial charge in [0.05, 0.1) is 16.9 Å². The molecule has 0 bridgehead atoms. The van der Waals surface area contributed by atoms with Gasteiger partial charge in [-0.05, 0) is 26.0 Å². The summed E-state index contributed by atoms with van der Waals surface area (Å²) in [5.74, 6) is 0.581. The van der Waals surface area contributed by atoms with E-state index in [0.717, 1.165) is 43.4 Å². The van der Waals surface area contributed by atoms with E-state index in [1.54, 1.807) is 17.4 Å². The Balaban J connectivity index is 1.54. The molecule has 1 aliphatic heterocycles. The van der Waals surface area contributed by atoms with Crippen LogP contribution >= 0.6 is 11.3 Å². The van der Waals surface area contributed by atoms with Crippen molar-refractivity contribution in [3.05, 3.63) is 40.2 Å². The molecule has 1 fully saturated rings. The monoisotopic (exact) mass is 320 g/mol. The van der Waals surface area contributed by atoms with Gasteiger partial charge in [0.2, 0.25) is 0 Å². The molecular formula is C16H21FN4S. The van der Waals surface area contributed by atoms with Crippen molar-refractivity contribution in [3.8, 4) is 0 Å². The number of piperazine rings is 1. The number of hydrogen-bond donors (Lipinski definition) is 0. The number of hydrogen-bond acceptors (Lipinski definition) is 5. The molecular weight excluding hydrogens is 299 g/mol. The maximum absolute atomic E-state index is 13.0. The lowest BCUT2D eigenvalue weighted by Gasteiger charge is -2.40. The molecule has 3 heterocycles. The van der Waals surface area contributed by atoms with Gasteiger partial charge in [-0.3, -0.25) is 4.90 Å². The van der Waals surface area contributed by atoms with Gasteiger partial charge in [-0.2, -0.15) is 0 Å². The summed E-state index contributed by atoms with van der Waals surface area (Å²) in [5, 5.41) is 3.29. The van der Waals surface area contributed by atoms with E-state index < -0.39 is 0 Å². The normalized spacial score (nSPS) is 19.6. The fraction of sp³-hybridized carbons (Fsp3) is 0.500. The van der Waals surface area contributed by atoms with E-state index in [4.69, 9.17) is 0 Å². The Hall–Kier alpha value is -1.53. The number of thiazole rings is 1. The average molecular weight is 320 g/mol. The fourth-order valence-corrected chi connectivity index (χ4v) is 3.56. The van der Waals surface area contributed by atoms with E-state index in [9.17, 15) is 4.39 Å². The molecule has 2 aromatic heterocycles. The van der Waals surface area contributed by atoms with Gasteiger partial charge in [0.15, 0.2) is 0 Å². The first-order valence-corrected chi connectivity index (χ1v) is 8.51. The van der Waals surface area contributed by atoms with Crippen LogP contribution in [0.5, 0.6) is 0 Å². The van der Waals surface area contributed by atoms with Crippen LogP contribution in [0.1, 0.15) is 17.6 Å². The lowest BCUT2D eigenvalue weighted by Crippen LogP contribution is -2.52. The summed E-state index contributed by atoms with van der Waals surface area (Å²) in [5.41, 5.74) is 1.19. The summed E-state index contributed by atoms with van der Waals surface area (Å²) >= 11 is 1.71. The van der Waals surface area contributed by atoms with Crippen LogP contribution in [0, 0.1) is 12.7 Å². The van der Waals surface area contributed by atoms with Crippen molar-refractivity contribution in [2.75, 3.05) is 31.1 Å². The SMILES string of the molecule is Cc1nc(CCN2CCN(c3ccc(F)cn3)C(C)C2)cs1. The quantitative estimate of drug-likeness (QED) is 0.867. The first-order valence-electron chi connectivity index (χ1n) is 7.63. The number of nitrogens with zero attached hydrogens (tertiary/aromatic N) is 4. The topological polar surface area (TPSA) is 32.3 Å². The molecule has 2 aromatic rings. The molecule has 0 radical (unpaired) electrons. The van der Waals surface area contributed by atoms with Crippen LogP contribution in [0.25, 0.3) is 0 Å². The summed E-state index contributed by atoms with van der Waals surface area (Å²) in [6, 6.07) is 3.62. The standard InChI is InChI=1S/C16H21FN4S/c1-12-10-20(6-5-15-11-22-13(2)19-15)7-8-21(12)16-4-3-14(17)9-18-16/h3-4,9,11-12H,5-8,10H2,1-2H3. The van der Waals surface area contributed by atoms with E-state index >= 15 is 0 Å². The molecule has 22 heavy (non-hydrogen) atoms. The third kappa shape index (κ3) is 3.62. The Morgan fingerprint density at radius 2 is 2.23 bits per heavy atom. The van der Waals surface area contributed by atoms with E-state index in [-0.39, 0.29) is 5.82 Å². The number of aromatic nitrogens is 2. The summed E-state index contributed by atoms with van der Waals surface area (Å²) < 4.78 is 13.0. The fourth-order valence-electron chi connectivity index (χ4n) is 2.91. The van der Waals surface area contributed by atoms with Crippen molar-refractivity contribution >= 4 is 17.2 Å². The molecule has 0 aliphatic carbocycles. The summed E-state index contributed by atoms with van der Waals surface area (Å²) in [4.78, 5) is 13.4. The maximum Gasteiger partial charge on any atom is 0.141 e. The van der Waals surface area contributed by atoms with Crippen LogP contribution in [-0.2, 0) is 6.42 Å². The molecule has 118 valence electrons. The van der Waals surface area contributed by atoms with Crippen molar-refractivity contribution in [3.63, 3.8) is 0 Å². The minimum atomic E-state index is -0.284. The van der Waals surface area contributed by atoms with Gasteiger partial charge in [-0.25, -0.2) is 14.4 Å². The highest BCUT2D eigenvalue weighted by Crippen LogP contribution is 2.19. The van der Waals surface area contributed by atoms with Gasteiger partial charge in [0.1, 0.15) is 11.6 Å². The zero-order valence-electron chi connectivity index (χ0n) is 13.0. The number of aryl methyl sites for hydroxylation is 1. The average Bonchev–Trinajstić information content (AvgIpc) is 2.92. The zero-order valence-corrected chi connectivity index (χ0v) is 13.8. The van der Waals surface area contributed by atoms with Crippen LogP contribution in [0.2, 0.25) is 0 Å². The van der Waals surface area contributed by atoms with Gasteiger partial charge >= 0.3 is 0 Å². The van der Waals surface area contributed by atoms with Crippen LogP contribution < -0.4 is 4.90 Å². The van der Waals surface area contributed by atoms with Gasteiger partial charge in [-0.15, -0.1) is 11.3 Å². The van der Waals surface area contributed by atoms with Gasteiger partial charge in [-0.1, -0.05) is 0 Å². The summed E-state index contributed by atoms with van der Waals surface area (Å²) in [6.07, 6.45) is 2.30. The predicted molar refractivity (Wildman–Crippen MR) is 88.0 cm³/mol. The Labute approximate surface area is 134 Å². The number of anilines is 1. The van der Waals surface area contributed by atoms with Crippen LogP contribution in [0.4, 0.5) is 10.2 Å². The van der Waals surface area contributed by atoms with Gasteiger partial charge in [0.25, 0.3) is 0 Å². The second kappa shape index (κ2) is 6.71. The van der Waals surface area contributed by atoms with Crippen molar-refractivity contribution in [2.24, 2.45) is 0 Å². The Morgan fingerprint density at radius 1 is 1.36 bits per heavy atom. The number of pyridine rings is 1. The third-order valence-electron chi connectivity index (χ3n) is 4.07. The Kier molecular flexibility index (Phi) is 4.69. The Bertz CT molecular complexity index is 613. The first-order chi connectivity index (χ1) is 10.6. The third-order valence-corrected chi connectivity index (χ3v) is 4.89. The largest absolute Gasteiger partial charge is 0.351 e. The lowest BCUT2D eigenvalue weighted by atomic mass is 10.1. The van der Waals surface area contributed by atoms with Crippen LogP contribution in [0.3, 0.4) is 0 Å². The van der Waals surface area contributed by atoms with E-state index in [2.05, 4.69) is 32.1 Å². The number of rotatable bonds is 4. The van der Waals surface area contributed by atoms with E-state index in [1.807, 2.05) is 6.92 Å². The molecule has 4 nitrogen and oxygen atoms in total. The minimum Gasteiger partial charge on any atom is -0.351 e. The molecule has 1 unspecified atom stereocenters.